The Labute approximate surface area is 147 Å². The maximum absolute atomic E-state index is 12.7. The molecule has 0 bridgehead atoms. The highest BCUT2D eigenvalue weighted by atomic mass is 16.5. The molecule has 0 unspecified atom stereocenters. The van der Waals surface area contributed by atoms with Crippen LogP contribution in [0.15, 0.2) is 35.0 Å². The first kappa shape index (κ1) is 16.3. The molecule has 0 spiro atoms. The fourth-order valence-corrected chi connectivity index (χ4v) is 4.28. The molecule has 2 aromatic heterocycles. The fraction of sp³-hybridized carbons (Fsp3) is 0.526. The molecule has 2 aromatic rings. The van der Waals surface area contributed by atoms with Gasteiger partial charge in [0, 0.05) is 30.8 Å². The van der Waals surface area contributed by atoms with E-state index < -0.39 is 0 Å². The summed E-state index contributed by atoms with van der Waals surface area (Å²) in [5, 5.41) is 3.87. The standard InChI is InChI=1S/C19H23N3O3/c1-14-9-17(21-25-14)18(23)22-10-15-5-4-7-19(15,12-22)13-24-11-16-6-2-3-8-20-16/h2-3,6,8-9,15H,4-5,7,10-13H2,1H3/t15-,19+/m0/s1. The number of carbonyl (C=O) groups is 1. The molecule has 0 radical (unpaired) electrons. The van der Waals surface area contributed by atoms with Crippen LogP contribution in [0.4, 0.5) is 0 Å². The highest BCUT2D eigenvalue weighted by molar-refractivity contribution is 5.92. The molecule has 0 N–H and O–H groups in total. The first-order valence-electron chi connectivity index (χ1n) is 8.87. The first-order chi connectivity index (χ1) is 12.2. The summed E-state index contributed by atoms with van der Waals surface area (Å²) in [6, 6.07) is 7.56. The Hall–Kier alpha value is -2.21. The lowest BCUT2D eigenvalue weighted by molar-refractivity contribution is 0.0251. The Morgan fingerprint density at radius 1 is 1.48 bits per heavy atom. The quantitative estimate of drug-likeness (QED) is 0.836. The summed E-state index contributed by atoms with van der Waals surface area (Å²) in [6.07, 6.45) is 5.27. The summed E-state index contributed by atoms with van der Waals surface area (Å²) in [5.41, 5.74) is 1.42. The highest BCUT2D eigenvalue weighted by Crippen LogP contribution is 2.49. The van der Waals surface area contributed by atoms with Crippen LogP contribution in [0.2, 0.25) is 0 Å². The molecule has 2 atom stereocenters. The number of ether oxygens (including phenoxy) is 1. The van der Waals surface area contributed by atoms with Crippen LogP contribution in [-0.2, 0) is 11.3 Å². The van der Waals surface area contributed by atoms with E-state index in [0.29, 0.717) is 30.6 Å². The Kier molecular flexibility index (Phi) is 4.29. The van der Waals surface area contributed by atoms with Crippen molar-refractivity contribution in [3.05, 3.63) is 47.6 Å². The van der Waals surface area contributed by atoms with Crippen molar-refractivity contribution in [1.29, 1.82) is 0 Å². The number of aromatic nitrogens is 2. The third kappa shape index (κ3) is 3.18. The Bertz CT molecular complexity index is 745. The van der Waals surface area contributed by atoms with Crippen LogP contribution in [0.1, 0.15) is 41.2 Å². The van der Waals surface area contributed by atoms with Gasteiger partial charge in [0.15, 0.2) is 5.69 Å². The van der Waals surface area contributed by atoms with Crippen LogP contribution in [0, 0.1) is 18.3 Å². The van der Waals surface area contributed by atoms with Gasteiger partial charge in [0.05, 0.1) is 18.9 Å². The van der Waals surface area contributed by atoms with Gasteiger partial charge in [0.1, 0.15) is 5.76 Å². The SMILES string of the molecule is Cc1cc(C(=O)N2C[C@@H]3CCC[C@]3(COCc3ccccn3)C2)no1. The highest BCUT2D eigenvalue weighted by Gasteiger charge is 2.51. The summed E-state index contributed by atoms with van der Waals surface area (Å²) < 4.78 is 11.1. The molecule has 1 aliphatic heterocycles. The third-order valence-electron chi connectivity index (χ3n) is 5.54. The van der Waals surface area contributed by atoms with E-state index in [9.17, 15) is 4.79 Å². The first-order valence-corrected chi connectivity index (χ1v) is 8.87. The van der Waals surface area contributed by atoms with Gasteiger partial charge >= 0.3 is 0 Å². The Morgan fingerprint density at radius 2 is 2.40 bits per heavy atom. The van der Waals surface area contributed by atoms with E-state index in [-0.39, 0.29) is 11.3 Å². The number of carbonyl (C=O) groups excluding carboxylic acids is 1. The number of aryl methyl sites for hydroxylation is 1. The number of hydrogen-bond acceptors (Lipinski definition) is 5. The predicted molar refractivity (Wildman–Crippen MR) is 90.8 cm³/mol. The molecule has 1 saturated carbocycles. The second-order valence-electron chi connectivity index (χ2n) is 7.27. The molecule has 2 aliphatic rings. The smallest absolute Gasteiger partial charge is 0.276 e. The van der Waals surface area contributed by atoms with Crippen LogP contribution in [0.3, 0.4) is 0 Å². The van der Waals surface area contributed by atoms with Crippen molar-refractivity contribution in [3.8, 4) is 0 Å². The van der Waals surface area contributed by atoms with Gasteiger partial charge in [0.2, 0.25) is 0 Å². The van der Waals surface area contributed by atoms with E-state index in [1.54, 1.807) is 19.2 Å². The molecule has 1 aliphatic carbocycles. The number of likely N-dealkylation sites (tertiary alicyclic amines) is 1. The summed E-state index contributed by atoms with van der Waals surface area (Å²) in [6.45, 7) is 4.53. The molecule has 4 rings (SSSR count). The number of rotatable bonds is 5. The number of amides is 1. The van der Waals surface area contributed by atoms with Gasteiger partial charge in [-0.1, -0.05) is 17.6 Å². The van der Waals surface area contributed by atoms with Crippen molar-refractivity contribution in [2.24, 2.45) is 11.3 Å². The summed E-state index contributed by atoms with van der Waals surface area (Å²) in [7, 11) is 0. The number of pyridine rings is 1. The van der Waals surface area contributed by atoms with Crippen LogP contribution >= 0.6 is 0 Å². The Morgan fingerprint density at radius 3 is 3.16 bits per heavy atom. The average Bonchev–Trinajstić information content (AvgIpc) is 3.29. The second-order valence-corrected chi connectivity index (χ2v) is 7.27. The van der Waals surface area contributed by atoms with Crippen molar-refractivity contribution in [2.75, 3.05) is 19.7 Å². The lowest BCUT2D eigenvalue weighted by Gasteiger charge is -2.28. The van der Waals surface area contributed by atoms with Crippen LogP contribution in [0.25, 0.3) is 0 Å². The molecule has 6 heteroatoms. The van der Waals surface area contributed by atoms with Gasteiger partial charge < -0.3 is 14.2 Å². The Balaban J connectivity index is 1.41. The number of nitrogens with zero attached hydrogens (tertiary/aromatic N) is 3. The van der Waals surface area contributed by atoms with Crippen molar-refractivity contribution in [3.63, 3.8) is 0 Å². The molecule has 0 aromatic carbocycles. The third-order valence-corrected chi connectivity index (χ3v) is 5.54. The van der Waals surface area contributed by atoms with Gasteiger partial charge in [-0.2, -0.15) is 0 Å². The molecule has 3 heterocycles. The normalized spacial score (nSPS) is 25.3. The minimum absolute atomic E-state index is 0.0321. The predicted octanol–water partition coefficient (Wildman–Crippen LogP) is 2.84. The molecule has 132 valence electrons. The van der Waals surface area contributed by atoms with Gasteiger partial charge in [-0.15, -0.1) is 0 Å². The minimum Gasteiger partial charge on any atom is -0.375 e. The average molecular weight is 341 g/mol. The van der Waals surface area contributed by atoms with E-state index in [2.05, 4.69) is 10.1 Å². The minimum atomic E-state index is -0.0321. The van der Waals surface area contributed by atoms with Gasteiger partial charge in [-0.25, -0.2) is 0 Å². The van der Waals surface area contributed by atoms with E-state index in [1.165, 1.54) is 6.42 Å². The fourth-order valence-electron chi connectivity index (χ4n) is 4.28. The van der Waals surface area contributed by atoms with Crippen LogP contribution in [-0.4, -0.2) is 40.6 Å². The van der Waals surface area contributed by atoms with E-state index in [0.717, 1.165) is 31.6 Å². The van der Waals surface area contributed by atoms with E-state index in [1.807, 2.05) is 23.1 Å². The van der Waals surface area contributed by atoms with Crippen LogP contribution in [0.5, 0.6) is 0 Å². The monoisotopic (exact) mass is 341 g/mol. The molecule has 1 saturated heterocycles. The maximum atomic E-state index is 12.7. The zero-order chi connectivity index (χ0) is 17.3. The molecule has 1 amide bonds. The summed E-state index contributed by atoms with van der Waals surface area (Å²) in [4.78, 5) is 18.9. The molecule has 6 nitrogen and oxygen atoms in total. The van der Waals surface area contributed by atoms with Gasteiger partial charge in [-0.05, 0) is 37.8 Å². The number of hydrogen-bond donors (Lipinski definition) is 0. The van der Waals surface area contributed by atoms with E-state index in [4.69, 9.17) is 9.26 Å². The molecule has 2 fully saturated rings. The second kappa shape index (κ2) is 6.59. The summed E-state index contributed by atoms with van der Waals surface area (Å²) in [5.74, 6) is 1.14. The van der Waals surface area contributed by atoms with Crippen LogP contribution < -0.4 is 0 Å². The topological polar surface area (TPSA) is 68.5 Å². The van der Waals surface area contributed by atoms with Gasteiger partial charge in [-0.3, -0.25) is 9.78 Å². The molecular formula is C19H23N3O3. The van der Waals surface area contributed by atoms with Crippen molar-refractivity contribution in [2.45, 2.75) is 32.8 Å². The molecule has 25 heavy (non-hydrogen) atoms. The van der Waals surface area contributed by atoms with E-state index >= 15 is 0 Å². The van der Waals surface area contributed by atoms with Gasteiger partial charge in [0.25, 0.3) is 5.91 Å². The maximum Gasteiger partial charge on any atom is 0.276 e. The molecular weight excluding hydrogens is 318 g/mol. The number of fused-ring (bicyclic) bond motifs is 1. The lowest BCUT2D eigenvalue weighted by atomic mass is 9.81. The largest absolute Gasteiger partial charge is 0.375 e. The lowest BCUT2D eigenvalue weighted by Crippen LogP contribution is -2.34. The zero-order valence-corrected chi connectivity index (χ0v) is 14.5. The van der Waals surface area contributed by atoms with Crippen molar-refractivity contribution in [1.82, 2.24) is 15.0 Å². The summed E-state index contributed by atoms with van der Waals surface area (Å²) >= 11 is 0. The van der Waals surface area contributed by atoms with Crippen molar-refractivity contribution < 1.29 is 14.1 Å². The zero-order valence-electron chi connectivity index (χ0n) is 14.5. The van der Waals surface area contributed by atoms with Crippen molar-refractivity contribution >= 4 is 5.91 Å².